The zero-order valence-electron chi connectivity index (χ0n) is 16.7. The molecule has 5 rings (SSSR count). The lowest BCUT2D eigenvalue weighted by Gasteiger charge is -2.50. The lowest BCUT2D eigenvalue weighted by Crippen LogP contribution is -2.57. The first-order valence-electron chi connectivity index (χ1n) is 10.1. The SMILES string of the molecule is COc1ccccc1[C@@H]1c2cc3c(cc2O[C@@](C)(N2CCCC2)[C@H]1C)OCO3. The smallest absolute Gasteiger partial charge is 0.231 e. The van der Waals surface area contributed by atoms with Gasteiger partial charge in [0.15, 0.2) is 17.2 Å². The molecule has 2 aromatic carbocycles. The van der Waals surface area contributed by atoms with Crippen molar-refractivity contribution in [2.24, 2.45) is 5.92 Å². The minimum Gasteiger partial charge on any atom is -0.496 e. The standard InChI is InChI=1S/C23H27NO4/c1-15-22(16-8-4-5-9-18(16)25-3)17-12-20-21(27-14-26-20)13-19(17)28-23(15,2)24-10-6-7-11-24/h4-5,8-9,12-13,15,22H,6-7,10-11,14H2,1-3H3/t15-,22+,23+/m0/s1. The van der Waals surface area contributed by atoms with Crippen LogP contribution in [-0.2, 0) is 0 Å². The molecule has 5 heteroatoms. The number of benzene rings is 2. The van der Waals surface area contributed by atoms with E-state index in [-0.39, 0.29) is 24.4 Å². The number of hydrogen-bond acceptors (Lipinski definition) is 5. The summed E-state index contributed by atoms with van der Waals surface area (Å²) < 4.78 is 23.8. The van der Waals surface area contributed by atoms with Crippen LogP contribution in [0.4, 0.5) is 0 Å². The Bertz CT molecular complexity index is 892. The van der Waals surface area contributed by atoms with Gasteiger partial charge in [0.25, 0.3) is 0 Å². The minimum atomic E-state index is -0.386. The third-order valence-corrected chi connectivity index (χ3v) is 6.71. The van der Waals surface area contributed by atoms with E-state index in [9.17, 15) is 0 Å². The van der Waals surface area contributed by atoms with E-state index in [0.29, 0.717) is 0 Å². The number of fused-ring (bicyclic) bond motifs is 2. The van der Waals surface area contributed by atoms with E-state index in [2.05, 4.69) is 36.9 Å². The number of hydrogen-bond donors (Lipinski definition) is 0. The molecule has 0 saturated carbocycles. The first kappa shape index (κ1) is 17.7. The fourth-order valence-corrected chi connectivity index (χ4v) is 5.04. The van der Waals surface area contributed by atoms with Crippen LogP contribution in [0.25, 0.3) is 0 Å². The minimum absolute atomic E-state index is 0.139. The zero-order valence-corrected chi connectivity index (χ0v) is 16.7. The summed E-state index contributed by atoms with van der Waals surface area (Å²) in [6.45, 7) is 6.93. The molecule has 3 heterocycles. The average Bonchev–Trinajstić information content (AvgIpc) is 3.39. The Morgan fingerprint density at radius 1 is 1.00 bits per heavy atom. The Balaban J connectivity index is 1.69. The van der Waals surface area contributed by atoms with E-state index in [1.165, 1.54) is 18.4 Å². The number of para-hydroxylation sites is 1. The predicted octanol–water partition coefficient (Wildman–Crippen LogP) is 4.40. The van der Waals surface area contributed by atoms with Gasteiger partial charge < -0.3 is 18.9 Å². The Morgan fingerprint density at radius 2 is 1.71 bits per heavy atom. The molecule has 28 heavy (non-hydrogen) atoms. The summed E-state index contributed by atoms with van der Waals surface area (Å²) >= 11 is 0. The molecule has 1 saturated heterocycles. The Kier molecular flexibility index (Phi) is 4.16. The molecule has 3 atom stereocenters. The Labute approximate surface area is 166 Å². The van der Waals surface area contributed by atoms with E-state index in [1.54, 1.807) is 7.11 Å². The molecule has 0 aliphatic carbocycles. The highest BCUT2D eigenvalue weighted by Gasteiger charge is 2.50. The van der Waals surface area contributed by atoms with Crippen LogP contribution in [0.2, 0.25) is 0 Å². The second-order valence-corrected chi connectivity index (χ2v) is 8.10. The van der Waals surface area contributed by atoms with Gasteiger partial charge in [0.2, 0.25) is 6.79 Å². The largest absolute Gasteiger partial charge is 0.496 e. The van der Waals surface area contributed by atoms with Gasteiger partial charge >= 0.3 is 0 Å². The van der Waals surface area contributed by atoms with Crippen LogP contribution in [0.15, 0.2) is 36.4 Å². The molecule has 0 amide bonds. The molecular formula is C23H27NO4. The lowest BCUT2D eigenvalue weighted by atomic mass is 9.73. The van der Waals surface area contributed by atoms with Crippen molar-refractivity contribution < 1.29 is 18.9 Å². The molecule has 148 valence electrons. The van der Waals surface area contributed by atoms with Gasteiger partial charge in [-0.05, 0) is 31.9 Å². The summed E-state index contributed by atoms with van der Waals surface area (Å²) in [4.78, 5) is 2.49. The molecule has 0 unspecified atom stereocenters. The van der Waals surface area contributed by atoms with Gasteiger partial charge in [-0.1, -0.05) is 25.1 Å². The summed E-state index contributed by atoms with van der Waals surface area (Å²) in [5.41, 5.74) is 1.94. The molecule has 0 spiro atoms. The van der Waals surface area contributed by atoms with Crippen molar-refractivity contribution in [3.8, 4) is 23.0 Å². The first-order chi connectivity index (χ1) is 13.6. The van der Waals surface area contributed by atoms with Crippen molar-refractivity contribution in [3.05, 3.63) is 47.5 Å². The second-order valence-electron chi connectivity index (χ2n) is 8.10. The zero-order chi connectivity index (χ0) is 19.3. The van der Waals surface area contributed by atoms with Crippen molar-refractivity contribution in [2.45, 2.75) is 38.3 Å². The summed E-state index contributed by atoms with van der Waals surface area (Å²) in [5, 5.41) is 0. The van der Waals surface area contributed by atoms with Crippen LogP contribution in [0.3, 0.4) is 0 Å². The second kappa shape index (κ2) is 6.59. The van der Waals surface area contributed by atoms with Crippen LogP contribution in [0, 0.1) is 5.92 Å². The molecular weight excluding hydrogens is 354 g/mol. The maximum atomic E-state index is 6.72. The van der Waals surface area contributed by atoms with Gasteiger partial charge in [-0.25, -0.2) is 0 Å². The van der Waals surface area contributed by atoms with E-state index in [4.69, 9.17) is 18.9 Å². The normalized spacial score (nSPS) is 28.7. The fourth-order valence-electron chi connectivity index (χ4n) is 5.04. The maximum absolute atomic E-state index is 6.72. The van der Waals surface area contributed by atoms with Gasteiger partial charge in [-0.3, -0.25) is 4.90 Å². The predicted molar refractivity (Wildman–Crippen MR) is 106 cm³/mol. The highest BCUT2D eigenvalue weighted by molar-refractivity contribution is 5.57. The van der Waals surface area contributed by atoms with E-state index < -0.39 is 0 Å². The third kappa shape index (κ3) is 2.56. The summed E-state index contributed by atoms with van der Waals surface area (Å²) in [7, 11) is 1.74. The van der Waals surface area contributed by atoms with Gasteiger partial charge in [0.05, 0.1) is 7.11 Å². The molecule has 3 aliphatic rings. The monoisotopic (exact) mass is 381 g/mol. The van der Waals surface area contributed by atoms with Gasteiger partial charge in [0, 0.05) is 42.1 Å². The lowest BCUT2D eigenvalue weighted by molar-refractivity contribution is -0.114. The third-order valence-electron chi connectivity index (χ3n) is 6.71. The average molecular weight is 381 g/mol. The van der Waals surface area contributed by atoms with Crippen molar-refractivity contribution >= 4 is 0 Å². The van der Waals surface area contributed by atoms with E-state index in [0.717, 1.165) is 41.7 Å². The van der Waals surface area contributed by atoms with Gasteiger partial charge in [-0.15, -0.1) is 0 Å². The number of methoxy groups -OCH3 is 1. The molecule has 0 radical (unpaired) electrons. The van der Waals surface area contributed by atoms with Gasteiger partial charge in [0.1, 0.15) is 11.5 Å². The summed E-state index contributed by atoms with van der Waals surface area (Å²) in [6.07, 6.45) is 2.44. The number of likely N-dealkylation sites (tertiary alicyclic amines) is 1. The van der Waals surface area contributed by atoms with Gasteiger partial charge in [-0.2, -0.15) is 0 Å². The summed E-state index contributed by atoms with van der Waals surface area (Å²) in [6, 6.07) is 12.4. The molecule has 1 fully saturated rings. The van der Waals surface area contributed by atoms with Crippen molar-refractivity contribution in [1.29, 1.82) is 0 Å². The number of nitrogens with zero attached hydrogens (tertiary/aromatic N) is 1. The van der Waals surface area contributed by atoms with Crippen LogP contribution in [0.1, 0.15) is 43.7 Å². The number of rotatable bonds is 3. The molecule has 0 bridgehead atoms. The van der Waals surface area contributed by atoms with E-state index in [1.807, 2.05) is 18.2 Å². The Morgan fingerprint density at radius 3 is 2.46 bits per heavy atom. The van der Waals surface area contributed by atoms with Crippen LogP contribution >= 0.6 is 0 Å². The Hall–Kier alpha value is -2.40. The molecule has 5 nitrogen and oxygen atoms in total. The van der Waals surface area contributed by atoms with E-state index >= 15 is 0 Å². The van der Waals surface area contributed by atoms with Crippen molar-refractivity contribution in [1.82, 2.24) is 4.90 Å². The number of ether oxygens (including phenoxy) is 4. The van der Waals surface area contributed by atoms with Crippen LogP contribution < -0.4 is 18.9 Å². The van der Waals surface area contributed by atoms with Crippen LogP contribution in [0.5, 0.6) is 23.0 Å². The highest BCUT2D eigenvalue weighted by atomic mass is 16.7. The van der Waals surface area contributed by atoms with Crippen molar-refractivity contribution in [3.63, 3.8) is 0 Å². The first-order valence-corrected chi connectivity index (χ1v) is 10.1. The molecule has 0 aromatic heterocycles. The molecule has 3 aliphatic heterocycles. The topological polar surface area (TPSA) is 40.2 Å². The molecule has 0 N–H and O–H groups in total. The highest BCUT2D eigenvalue weighted by Crippen LogP contribution is 2.54. The van der Waals surface area contributed by atoms with Crippen molar-refractivity contribution in [2.75, 3.05) is 27.0 Å². The fraction of sp³-hybridized carbons (Fsp3) is 0.478. The summed E-state index contributed by atoms with van der Waals surface area (Å²) in [5.74, 6) is 3.71. The maximum Gasteiger partial charge on any atom is 0.231 e. The quantitative estimate of drug-likeness (QED) is 0.788. The van der Waals surface area contributed by atoms with Crippen LogP contribution in [-0.4, -0.2) is 37.6 Å². The molecule has 2 aromatic rings.